The van der Waals surface area contributed by atoms with Crippen LogP contribution in [0.25, 0.3) is 0 Å². The Labute approximate surface area is 106 Å². The van der Waals surface area contributed by atoms with Gasteiger partial charge in [0.15, 0.2) is 5.82 Å². The molecule has 0 saturated carbocycles. The van der Waals surface area contributed by atoms with Crippen LogP contribution in [0.3, 0.4) is 0 Å². The smallest absolute Gasteiger partial charge is 0.223 e. The van der Waals surface area contributed by atoms with Gasteiger partial charge in [-0.1, -0.05) is 19.0 Å². The Kier molecular flexibility index (Phi) is 4.09. The SMILES string of the molecule is Cc1nc(Cn2ccnc2CNCC(C)C)no1. The Morgan fingerprint density at radius 2 is 2.28 bits per heavy atom. The Hall–Kier alpha value is -1.69. The van der Waals surface area contributed by atoms with Gasteiger partial charge in [0.05, 0.1) is 13.1 Å². The van der Waals surface area contributed by atoms with Crippen LogP contribution in [0.4, 0.5) is 0 Å². The van der Waals surface area contributed by atoms with Crippen LogP contribution in [0.2, 0.25) is 0 Å². The van der Waals surface area contributed by atoms with Gasteiger partial charge in [-0.3, -0.25) is 0 Å². The maximum Gasteiger partial charge on any atom is 0.223 e. The van der Waals surface area contributed by atoms with Gasteiger partial charge in [0.25, 0.3) is 0 Å². The molecule has 2 aromatic heterocycles. The van der Waals surface area contributed by atoms with Gasteiger partial charge in [-0.05, 0) is 12.5 Å². The number of hydrogen-bond donors (Lipinski definition) is 1. The van der Waals surface area contributed by atoms with E-state index >= 15 is 0 Å². The Balaban J connectivity index is 1.95. The van der Waals surface area contributed by atoms with E-state index in [0.29, 0.717) is 24.2 Å². The lowest BCUT2D eigenvalue weighted by Gasteiger charge is -2.08. The molecule has 18 heavy (non-hydrogen) atoms. The normalized spacial score (nSPS) is 11.3. The zero-order valence-corrected chi connectivity index (χ0v) is 11.1. The van der Waals surface area contributed by atoms with Gasteiger partial charge in [-0.25, -0.2) is 4.98 Å². The van der Waals surface area contributed by atoms with Crippen molar-refractivity contribution in [2.45, 2.75) is 33.9 Å². The van der Waals surface area contributed by atoms with Crippen LogP contribution < -0.4 is 5.32 Å². The molecule has 0 aliphatic carbocycles. The summed E-state index contributed by atoms with van der Waals surface area (Å²) < 4.78 is 6.98. The number of aryl methyl sites for hydroxylation is 1. The van der Waals surface area contributed by atoms with Gasteiger partial charge in [0.2, 0.25) is 5.89 Å². The summed E-state index contributed by atoms with van der Waals surface area (Å²) in [6, 6.07) is 0. The molecule has 2 aromatic rings. The predicted molar refractivity (Wildman–Crippen MR) is 66.9 cm³/mol. The van der Waals surface area contributed by atoms with Gasteiger partial charge in [-0.2, -0.15) is 4.98 Å². The first-order chi connectivity index (χ1) is 8.65. The van der Waals surface area contributed by atoms with E-state index in [4.69, 9.17) is 4.52 Å². The Bertz CT molecular complexity index is 488. The third kappa shape index (κ3) is 3.40. The van der Waals surface area contributed by atoms with Crippen molar-refractivity contribution in [1.82, 2.24) is 25.0 Å². The van der Waals surface area contributed by atoms with Crippen molar-refractivity contribution in [1.29, 1.82) is 0 Å². The van der Waals surface area contributed by atoms with E-state index in [1.54, 1.807) is 13.1 Å². The molecule has 1 N–H and O–H groups in total. The quantitative estimate of drug-likeness (QED) is 0.837. The first kappa shape index (κ1) is 12.8. The molecule has 0 amide bonds. The minimum Gasteiger partial charge on any atom is -0.340 e. The maximum atomic E-state index is 4.96. The summed E-state index contributed by atoms with van der Waals surface area (Å²) in [4.78, 5) is 8.52. The number of hydrogen-bond acceptors (Lipinski definition) is 5. The molecule has 0 aliphatic heterocycles. The summed E-state index contributed by atoms with van der Waals surface area (Å²) in [6.07, 6.45) is 3.72. The molecule has 0 radical (unpaired) electrons. The average Bonchev–Trinajstić information content (AvgIpc) is 2.89. The third-order valence-corrected chi connectivity index (χ3v) is 2.52. The van der Waals surface area contributed by atoms with Crippen LogP contribution in [0.1, 0.15) is 31.4 Å². The van der Waals surface area contributed by atoms with E-state index < -0.39 is 0 Å². The summed E-state index contributed by atoms with van der Waals surface area (Å²) in [7, 11) is 0. The van der Waals surface area contributed by atoms with Gasteiger partial charge < -0.3 is 14.4 Å². The van der Waals surface area contributed by atoms with Gasteiger partial charge in [0.1, 0.15) is 5.82 Å². The molecule has 0 bridgehead atoms. The number of nitrogens with one attached hydrogen (secondary N) is 1. The number of nitrogens with zero attached hydrogens (tertiary/aromatic N) is 4. The fraction of sp³-hybridized carbons (Fsp3) is 0.583. The molecule has 6 nitrogen and oxygen atoms in total. The van der Waals surface area contributed by atoms with Crippen LogP contribution in [-0.4, -0.2) is 26.2 Å². The maximum absolute atomic E-state index is 4.96. The second-order valence-electron chi connectivity index (χ2n) is 4.73. The molecule has 2 rings (SSSR count). The highest BCUT2D eigenvalue weighted by Gasteiger charge is 2.07. The van der Waals surface area contributed by atoms with E-state index in [1.807, 2.05) is 10.8 Å². The van der Waals surface area contributed by atoms with Crippen LogP contribution in [0, 0.1) is 12.8 Å². The molecule has 0 spiro atoms. The summed E-state index contributed by atoms with van der Waals surface area (Å²) in [5.41, 5.74) is 0. The molecule has 0 atom stereocenters. The topological polar surface area (TPSA) is 68.8 Å². The van der Waals surface area contributed by atoms with Crippen LogP contribution in [0.5, 0.6) is 0 Å². The highest BCUT2D eigenvalue weighted by molar-refractivity contribution is 4.96. The Morgan fingerprint density at radius 1 is 1.44 bits per heavy atom. The lowest BCUT2D eigenvalue weighted by molar-refractivity contribution is 0.385. The lowest BCUT2D eigenvalue weighted by atomic mass is 10.2. The summed E-state index contributed by atoms with van der Waals surface area (Å²) in [6.45, 7) is 8.48. The van der Waals surface area contributed by atoms with E-state index in [2.05, 4.69) is 34.3 Å². The predicted octanol–water partition coefficient (Wildman–Crippen LogP) is 1.37. The first-order valence-corrected chi connectivity index (χ1v) is 6.15. The second-order valence-corrected chi connectivity index (χ2v) is 4.73. The van der Waals surface area contributed by atoms with Crippen molar-refractivity contribution in [3.63, 3.8) is 0 Å². The number of rotatable bonds is 6. The van der Waals surface area contributed by atoms with Crippen molar-refractivity contribution < 1.29 is 4.52 Å². The molecule has 0 fully saturated rings. The van der Waals surface area contributed by atoms with Crippen molar-refractivity contribution in [3.8, 4) is 0 Å². The molecule has 0 unspecified atom stereocenters. The van der Waals surface area contributed by atoms with Crippen molar-refractivity contribution in [2.75, 3.05) is 6.54 Å². The zero-order valence-electron chi connectivity index (χ0n) is 11.1. The minimum atomic E-state index is 0.588. The average molecular weight is 249 g/mol. The molecular weight excluding hydrogens is 230 g/mol. The van der Waals surface area contributed by atoms with Crippen molar-refractivity contribution in [2.24, 2.45) is 5.92 Å². The van der Waals surface area contributed by atoms with Crippen LogP contribution in [-0.2, 0) is 13.1 Å². The monoisotopic (exact) mass is 249 g/mol. The van der Waals surface area contributed by atoms with Crippen LogP contribution in [0.15, 0.2) is 16.9 Å². The largest absolute Gasteiger partial charge is 0.340 e. The van der Waals surface area contributed by atoms with E-state index in [9.17, 15) is 0 Å². The summed E-state index contributed by atoms with van der Waals surface area (Å²) in [5.74, 6) is 2.88. The van der Waals surface area contributed by atoms with E-state index in [1.165, 1.54) is 0 Å². The molecule has 98 valence electrons. The van der Waals surface area contributed by atoms with Gasteiger partial charge >= 0.3 is 0 Å². The first-order valence-electron chi connectivity index (χ1n) is 6.15. The Morgan fingerprint density at radius 3 is 2.94 bits per heavy atom. The molecule has 0 saturated heterocycles. The van der Waals surface area contributed by atoms with E-state index in [0.717, 1.165) is 18.9 Å². The molecule has 0 aromatic carbocycles. The van der Waals surface area contributed by atoms with E-state index in [-0.39, 0.29) is 0 Å². The number of imidazole rings is 1. The minimum absolute atomic E-state index is 0.588. The standard InChI is InChI=1S/C12H19N5O/c1-9(2)6-13-7-12-14-4-5-17(12)8-11-15-10(3)18-16-11/h4-5,9,13H,6-8H2,1-3H3. The number of aromatic nitrogens is 4. The fourth-order valence-corrected chi connectivity index (χ4v) is 1.68. The zero-order chi connectivity index (χ0) is 13.0. The van der Waals surface area contributed by atoms with Gasteiger partial charge in [0, 0.05) is 19.3 Å². The summed E-state index contributed by atoms with van der Waals surface area (Å²) >= 11 is 0. The highest BCUT2D eigenvalue weighted by Crippen LogP contribution is 2.03. The molecule has 2 heterocycles. The lowest BCUT2D eigenvalue weighted by Crippen LogP contribution is -2.21. The van der Waals surface area contributed by atoms with Crippen molar-refractivity contribution in [3.05, 3.63) is 29.9 Å². The van der Waals surface area contributed by atoms with Gasteiger partial charge in [-0.15, -0.1) is 0 Å². The van der Waals surface area contributed by atoms with Crippen molar-refractivity contribution >= 4 is 0 Å². The molecular formula is C12H19N5O. The molecule has 0 aliphatic rings. The molecule has 6 heteroatoms. The second kappa shape index (κ2) is 5.77. The highest BCUT2D eigenvalue weighted by atomic mass is 16.5. The fourth-order valence-electron chi connectivity index (χ4n) is 1.68. The van der Waals surface area contributed by atoms with Crippen LogP contribution >= 0.6 is 0 Å². The third-order valence-electron chi connectivity index (χ3n) is 2.52. The summed E-state index contributed by atoms with van der Waals surface area (Å²) in [5, 5.41) is 7.26.